The van der Waals surface area contributed by atoms with Crippen LogP contribution in [0.4, 0.5) is 0 Å². The zero-order valence-corrected chi connectivity index (χ0v) is 8.24. The summed E-state index contributed by atoms with van der Waals surface area (Å²) in [6, 6.07) is 0. The number of rotatable bonds is 2. The van der Waals surface area contributed by atoms with Crippen molar-refractivity contribution in [1.29, 1.82) is 0 Å². The molecule has 0 aromatic rings. The van der Waals surface area contributed by atoms with Crippen LogP contribution in [0.2, 0.25) is 0 Å². The summed E-state index contributed by atoms with van der Waals surface area (Å²) in [5.74, 6) is 0.132. The summed E-state index contributed by atoms with van der Waals surface area (Å²) in [6.45, 7) is 0. The summed E-state index contributed by atoms with van der Waals surface area (Å²) in [5, 5.41) is 3.73. The molecule has 1 heterocycles. The fourth-order valence-electron chi connectivity index (χ4n) is 2.30. The average molecular weight is 196 g/mol. The molecule has 1 aliphatic carbocycles. The first kappa shape index (κ1) is 9.49. The number of nitrogens with zero attached hydrogens (tertiary/aromatic N) is 1. The van der Waals surface area contributed by atoms with Gasteiger partial charge in [-0.15, -0.1) is 0 Å². The Hall–Kier alpha value is -1.06. The highest BCUT2D eigenvalue weighted by atomic mass is 16.6. The van der Waals surface area contributed by atoms with E-state index in [0.29, 0.717) is 18.1 Å². The van der Waals surface area contributed by atoms with Crippen molar-refractivity contribution in [1.82, 2.24) is 0 Å². The summed E-state index contributed by atoms with van der Waals surface area (Å²) < 4.78 is 0. The van der Waals surface area contributed by atoms with Gasteiger partial charge in [-0.05, 0) is 18.8 Å². The second kappa shape index (κ2) is 3.98. The standard InChI is InChI=1S/C10H16N2O2/c11-10(13)8-6-9(14-12-8)7-4-2-1-3-5-7/h7,9H,1-6H2,(H2,11,13). The van der Waals surface area contributed by atoms with E-state index in [9.17, 15) is 4.79 Å². The predicted octanol–water partition coefficient (Wildman–Crippen LogP) is 1.20. The monoisotopic (exact) mass is 196 g/mol. The molecule has 14 heavy (non-hydrogen) atoms. The molecule has 2 N–H and O–H groups in total. The van der Waals surface area contributed by atoms with Gasteiger partial charge in [0.25, 0.3) is 5.91 Å². The first-order valence-corrected chi connectivity index (χ1v) is 5.30. The van der Waals surface area contributed by atoms with Crippen LogP contribution >= 0.6 is 0 Å². The Labute approximate surface area is 83.5 Å². The Morgan fingerprint density at radius 1 is 1.36 bits per heavy atom. The van der Waals surface area contributed by atoms with Crippen molar-refractivity contribution in [2.45, 2.75) is 44.6 Å². The molecule has 1 saturated carbocycles. The number of nitrogens with two attached hydrogens (primary N) is 1. The number of hydrogen-bond donors (Lipinski definition) is 1. The summed E-state index contributed by atoms with van der Waals surface area (Å²) in [5.41, 5.74) is 5.54. The average Bonchev–Trinajstić information content (AvgIpc) is 2.68. The van der Waals surface area contributed by atoms with Crippen LogP contribution in [0.1, 0.15) is 38.5 Å². The fraction of sp³-hybridized carbons (Fsp3) is 0.800. The van der Waals surface area contributed by atoms with Crippen molar-refractivity contribution in [3.05, 3.63) is 0 Å². The first-order valence-electron chi connectivity index (χ1n) is 5.30. The number of primary amides is 1. The van der Waals surface area contributed by atoms with Crippen LogP contribution in [0.5, 0.6) is 0 Å². The lowest BCUT2D eigenvalue weighted by Crippen LogP contribution is -2.27. The normalized spacial score (nSPS) is 28.3. The van der Waals surface area contributed by atoms with E-state index in [2.05, 4.69) is 5.16 Å². The summed E-state index contributed by atoms with van der Waals surface area (Å²) in [7, 11) is 0. The maximum absolute atomic E-state index is 10.8. The van der Waals surface area contributed by atoms with E-state index in [4.69, 9.17) is 10.6 Å². The molecule has 0 aromatic carbocycles. The Balaban J connectivity index is 1.87. The Morgan fingerprint density at radius 2 is 2.07 bits per heavy atom. The Kier molecular flexibility index (Phi) is 2.70. The van der Waals surface area contributed by atoms with Crippen LogP contribution in [0, 0.1) is 5.92 Å². The maximum Gasteiger partial charge on any atom is 0.266 e. The highest BCUT2D eigenvalue weighted by molar-refractivity contribution is 6.38. The number of oxime groups is 1. The van der Waals surface area contributed by atoms with Gasteiger partial charge >= 0.3 is 0 Å². The predicted molar refractivity (Wildman–Crippen MR) is 52.7 cm³/mol. The van der Waals surface area contributed by atoms with Crippen molar-refractivity contribution < 1.29 is 9.63 Å². The minimum absolute atomic E-state index is 0.109. The highest BCUT2D eigenvalue weighted by Gasteiger charge is 2.32. The Morgan fingerprint density at radius 3 is 2.64 bits per heavy atom. The van der Waals surface area contributed by atoms with E-state index >= 15 is 0 Å². The van der Waals surface area contributed by atoms with E-state index in [1.165, 1.54) is 32.1 Å². The zero-order chi connectivity index (χ0) is 9.97. The topological polar surface area (TPSA) is 64.7 Å². The van der Waals surface area contributed by atoms with Gasteiger partial charge in [-0.25, -0.2) is 0 Å². The number of hydrogen-bond acceptors (Lipinski definition) is 3. The van der Waals surface area contributed by atoms with Crippen LogP contribution in [-0.4, -0.2) is 17.7 Å². The molecule has 0 spiro atoms. The van der Waals surface area contributed by atoms with Crippen LogP contribution in [0.25, 0.3) is 0 Å². The van der Waals surface area contributed by atoms with Gasteiger partial charge in [-0.3, -0.25) is 4.79 Å². The first-order chi connectivity index (χ1) is 6.77. The SMILES string of the molecule is NC(=O)C1=NOC(C2CCCCC2)C1. The quantitative estimate of drug-likeness (QED) is 0.721. The number of carbonyl (C=O) groups is 1. The van der Waals surface area contributed by atoms with Crippen molar-refractivity contribution in [3.8, 4) is 0 Å². The molecule has 2 aliphatic rings. The minimum Gasteiger partial charge on any atom is -0.391 e. The molecular weight excluding hydrogens is 180 g/mol. The van der Waals surface area contributed by atoms with E-state index < -0.39 is 5.91 Å². The second-order valence-electron chi connectivity index (χ2n) is 4.15. The smallest absolute Gasteiger partial charge is 0.266 e. The molecule has 1 fully saturated rings. The van der Waals surface area contributed by atoms with Crippen LogP contribution in [0.3, 0.4) is 0 Å². The van der Waals surface area contributed by atoms with Crippen molar-refractivity contribution in [2.75, 3.05) is 0 Å². The van der Waals surface area contributed by atoms with E-state index in [1.54, 1.807) is 0 Å². The molecule has 0 aromatic heterocycles. The molecule has 1 atom stereocenters. The molecule has 0 bridgehead atoms. The van der Waals surface area contributed by atoms with Gasteiger partial charge in [-0.2, -0.15) is 0 Å². The molecule has 4 heteroatoms. The van der Waals surface area contributed by atoms with Gasteiger partial charge in [0.15, 0.2) is 0 Å². The van der Waals surface area contributed by atoms with E-state index in [1.807, 2.05) is 0 Å². The molecule has 0 radical (unpaired) electrons. The zero-order valence-electron chi connectivity index (χ0n) is 8.24. The largest absolute Gasteiger partial charge is 0.391 e. The maximum atomic E-state index is 10.8. The van der Waals surface area contributed by atoms with Gasteiger partial charge in [0.05, 0.1) is 0 Å². The van der Waals surface area contributed by atoms with E-state index in [0.717, 1.165) is 0 Å². The molecule has 1 amide bonds. The lowest BCUT2D eigenvalue weighted by Gasteiger charge is -2.25. The minimum atomic E-state index is -0.441. The lowest BCUT2D eigenvalue weighted by atomic mass is 9.84. The van der Waals surface area contributed by atoms with Crippen LogP contribution in [0.15, 0.2) is 5.16 Å². The van der Waals surface area contributed by atoms with Gasteiger partial charge in [0.2, 0.25) is 0 Å². The van der Waals surface area contributed by atoms with Gasteiger partial charge in [0, 0.05) is 6.42 Å². The van der Waals surface area contributed by atoms with Crippen molar-refractivity contribution in [2.24, 2.45) is 16.8 Å². The fourth-order valence-corrected chi connectivity index (χ4v) is 2.30. The third-order valence-corrected chi connectivity index (χ3v) is 3.15. The molecule has 1 aliphatic heterocycles. The molecule has 4 nitrogen and oxygen atoms in total. The number of amides is 1. The van der Waals surface area contributed by atoms with Gasteiger partial charge < -0.3 is 10.6 Å². The molecule has 78 valence electrons. The molecule has 0 saturated heterocycles. The third-order valence-electron chi connectivity index (χ3n) is 3.15. The summed E-state index contributed by atoms with van der Waals surface area (Å²) in [6.07, 6.45) is 7.00. The number of carbonyl (C=O) groups excluding carboxylic acids is 1. The molecule has 2 rings (SSSR count). The van der Waals surface area contributed by atoms with Crippen molar-refractivity contribution in [3.63, 3.8) is 0 Å². The lowest BCUT2D eigenvalue weighted by molar-refractivity contribution is -0.112. The van der Waals surface area contributed by atoms with Crippen molar-refractivity contribution >= 4 is 11.6 Å². The van der Waals surface area contributed by atoms with E-state index in [-0.39, 0.29) is 6.10 Å². The Bertz CT molecular complexity index is 257. The van der Waals surface area contributed by atoms with Gasteiger partial charge in [0.1, 0.15) is 11.8 Å². The van der Waals surface area contributed by atoms with Crippen LogP contribution < -0.4 is 5.73 Å². The molecule has 1 unspecified atom stereocenters. The third kappa shape index (κ3) is 1.89. The van der Waals surface area contributed by atoms with Gasteiger partial charge in [-0.1, -0.05) is 24.4 Å². The highest BCUT2D eigenvalue weighted by Crippen LogP contribution is 2.31. The van der Waals surface area contributed by atoms with Crippen LogP contribution in [-0.2, 0) is 9.63 Å². The summed E-state index contributed by atoms with van der Waals surface area (Å²) in [4.78, 5) is 16.1. The molecular formula is C10H16N2O2. The second-order valence-corrected chi connectivity index (χ2v) is 4.15. The summed E-state index contributed by atoms with van der Waals surface area (Å²) >= 11 is 0.